The summed E-state index contributed by atoms with van der Waals surface area (Å²) >= 11 is 5.92. The van der Waals surface area contributed by atoms with Crippen molar-refractivity contribution >= 4 is 17.4 Å². The first kappa shape index (κ1) is 10.7. The van der Waals surface area contributed by atoms with Crippen LogP contribution in [0, 0.1) is 5.41 Å². The van der Waals surface area contributed by atoms with Crippen LogP contribution < -0.4 is 5.32 Å². The lowest BCUT2D eigenvalue weighted by Gasteiger charge is -2.41. The number of hydrogen-bond acceptors (Lipinski definition) is 3. The number of rotatable bonds is 4. The maximum absolute atomic E-state index is 5.92. The van der Waals surface area contributed by atoms with Crippen molar-refractivity contribution in [2.45, 2.75) is 32.6 Å². The molecule has 82 valence electrons. The Bertz CT molecular complexity index is 331. The zero-order chi connectivity index (χ0) is 10.7. The molecular weight excluding hydrogens is 210 g/mol. The highest BCUT2D eigenvalue weighted by Crippen LogP contribution is 2.43. The van der Waals surface area contributed by atoms with Gasteiger partial charge in [-0.05, 0) is 24.7 Å². The molecule has 0 radical (unpaired) electrons. The van der Waals surface area contributed by atoms with Gasteiger partial charge < -0.3 is 5.32 Å². The molecule has 0 aliphatic heterocycles. The number of anilines is 1. The Hall–Kier alpha value is -0.830. The van der Waals surface area contributed by atoms with Gasteiger partial charge in [0.15, 0.2) is 11.0 Å². The molecule has 3 nitrogen and oxygen atoms in total. The third-order valence-electron chi connectivity index (χ3n) is 3.45. The SMILES string of the molecule is CCC1(CNc2nccnc2Cl)CCC1. The Kier molecular flexibility index (Phi) is 3.10. The minimum absolute atomic E-state index is 0.461. The van der Waals surface area contributed by atoms with Crippen molar-refractivity contribution in [1.29, 1.82) is 0 Å². The van der Waals surface area contributed by atoms with Gasteiger partial charge in [0.25, 0.3) is 0 Å². The van der Waals surface area contributed by atoms with Crippen LogP contribution in [0.15, 0.2) is 12.4 Å². The van der Waals surface area contributed by atoms with Crippen LogP contribution in [0.5, 0.6) is 0 Å². The van der Waals surface area contributed by atoms with E-state index in [1.807, 2.05) is 0 Å². The Morgan fingerprint density at radius 1 is 1.40 bits per heavy atom. The van der Waals surface area contributed by atoms with E-state index in [9.17, 15) is 0 Å². The van der Waals surface area contributed by atoms with E-state index in [0.29, 0.717) is 16.4 Å². The monoisotopic (exact) mass is 225 g/mol. The van der Waals surface area contributed by atoms with Crippen LogP contribution in [0.25, 0.3) is 0 Å². The van der Waals surface area contributed by atoms with Crippen molar-refractivity contribution in [2.24, 2.45) is 5.41 Å². The maximum Gasteiger partial charge on any atom is 0.171 e. The van der Waals surface area contributed by atoms with Crippen molar-refractivity contribution in [1.82, 2.24) is 9.97 Å². The van der Waals surface area contributed by atoms with E-state index in [0.717, 1.165) is 6.54 Å². The molecule has 1 fully saturated rings. The highest BCUT2D eigenvalue weighted by Gasteiger charge is 2.34. The van der Waals surface area contributed by atoms with Gasteiger partial charge >= 0.3 is 0 Å². The van der Waals surface area contributed by atoms with E-state index in [1.165, 1.54) is 25.7 Å². The fourth-order valence-corrected chi connectivity index (χ4v) is 2.21. The number of nitrogens with one attached hydrogen (secondary N) is 1. The van der Waals surface area contributed by atoms with E-state index in [4.69, 9.17) is 11.6 Å². The van der Waals surface area contributed by atoms with Crippen molar-refractivity contribution in [3.05, 3.63) is 17.5 Å². The summed E-state index contributed by atoms with van der Waals surface area (Å²) in [5.41, 5.74) is 0.473. The summed E-state index contributed by atoms with van der Waals surface area (Å²) in [5, 5.41) is 3.76. The molecule has 0 saturated heterocycles. The molecule has 0 bridgehead atoms. The van der Waals surface area contributed by atoms with Gasteiger partial charge in [0.1, 0.15) is 0 Å². The second kappa shape index (κ2) is 4.35. The second-order valence-corrected chi connectivity index (χ2v) is 4.61. The molecule has 1 heterocycles. The summed E-state index contributed by atoms with van der Waals surface area (Å²) in [6.45, 7) is 3.21. The average Bonchev–Trinajstić information content (AvgIpc) is 2.19. The second-order valence-electron chi connectivity index (χ2n) is 4.26. The quantitative estimate of drug-likeness (QED) is 0.856. The Balaban J connectivity index is 1.95. The van der Waals surface area contributed by atoms with Gasteiger partial charge in [0.2, 0.25) is 0 Å². The molecule has 0 amide bonds. The van der Waals surface area contributed by atoms with Crippen molar-refractivity contribution in [3.8, 4) is 0 Å². The van der Waals surface area contributed by atoms with Crippen LogP contribution in [0.1, 0.15) is 32.6 Å². The van der Waals surface area contributed by atoms with E-state index in [2.05, 4.69) is 22.2 Å². The molecule has 0 atom stereocenters. The first-order valence-corrected chi connectivity index (χ1v) is 5.84. The van der Waals surface area contributed by atoms with E-state index in [-0.39, 0.29) is 0 Å². The summed E-state index contributed by atoms with van der Waals surface area (Å²) in [6, 6.07) is 0. The molecule has 2 rings (SSSR count). The van der Waals surface area contributed by atoms with Crippen LogP contribution in [0.2, 0.25) is 5.15 Å². The summed E-state index contributed by atoms with van der Waals surface area (Å²) in [7, 11) is 0. The van der Waals surface area contributed by atoms with Gasteiger partial charge in [0, 0.05) is 18.9 Å². The maximum atomic E-state index is 5.92. The highest BCUT2D eigenvalue weighted by atomic mass is 35.5. The van der Waals surface area contributed by atoms with Crippen molar-refractivity contribution in [3.63, 3.8) is 0 Å². The number of nitrogens with zero attached hydrogens (tertiary/aromatic N) is 2. The van der Waals surface area contributed by atoms with Gasteiger partial charge in [-0.2, -0.15) is 0 Å². The molecule has 0 aromatic carbocycles. The standard InChI is InChI=1S/C11H16ClN3/c1-2-11(4-3-5-11)8-15-10-9(12)13-6-7-14-10/h6-7H,2-5,8H2,1H3,(H,14,15). The molecule has 1 aromatic heterocycles. The predicted octanol–water partition coefficient (Wildman–Crippen LogP) is 3.12. The number of hydrogen-bond donors (Lipinski definition) is 1. The first-order valence-electron chi connectivity index (χ1n) is 5.46. The molecule has 1 N–H and O–H groups in total. The molecule has 1 aliphatic rings. The summed E-state index contributed by atoms with van der Waals surface area (Å²) < 4.78 is 0. The minimum Gasteiger partial charge on any atom is -0.367 e. The van der Waals surface area contributed by atoms with E-state index in [1.54, 1.807) is 12.4 Å². The summed E-state index contributed by atoms with van der Waals surface area (Å²) in [5.74, 6) is 0.707. The fraction of sp³-hybridized carbons (Fsp3) is 0.636. The van der Waals surface area contributed by atoms with E-state index >= 15 is 0 Å². The molecule has 1 aliphatic carbocycles. The first-order chi connectivity index (χ1) is 7.26. The van der Waals surface area contributed by atoms with Crippen molar-refractivity contribution in [2.75, 3.05) is 11.9 Å². The van der Waals surface area contributed by atoms with Gasteiger partial charge in [-0.3, -0.25) is 0 Å². The van der Waals surface area contributed by atoms with Crippen molar-refractivity contribution < 1.29 is 0 Å². The summed E-state index contributed by atoms with van der Waals surface area (Å²) in [6.07, 6.45) is 8.46. The Morgan fingerprint density at radius 3 is 2.67 bits per heavy atom. The Morgan fingerprint density at radius 2 is 2.13 bits per heavy atom. The third-order valence-corrected chi connectivity index (χ3v) is 3.73. The van der Waals surface area contributed by atoms with Gasteiger partial charge in [-0.25, -0.2) is 9.97 Å². The molecule has 0 unspecified atom stereocenters. The predicted molar refractivity (Wildman–Crippen MR) is 62.1 cm³/mol. The zero-order valence-corrected chi connectivity index (χ0v) is 9.72. The van der Waals surface area contributed by atoms with Crippen LogP contribution in [-0.2, 0) is 0 Å². The largest absolute Gasteiger partial charge is 0.367 e. The highest BCUT2D eigenvalue weighted by molar-refractivity contribution is 6.31. The lowest BCUT2D eigenvalue weighted by molar-refractivity contribution is 0.145. The molecule has 15 heavy (non-hydrogen) atoms. The summed E-state index contributed by atoms with van der Waals surface area (Å²) in [4.78, 5) is 8.16. The lowest BCUT2D eigenvalue weighted by Crippen LogP contribution is -2.36. The number of aromatic nitrogens is 2. The number of halogens is 1. The molecule has 4 heteroatoms. The third kappa shape index (κ3) is 2.23. The van der Waals surface area contributed by atoms with Crippen LogP contribution in [-0.4, -0.2) is 16.5 Å². The molecule has 1 saturated carbocycles. The normalized spacial score (nSPS) is 18.3. The van der Waals surface area contributed by atoms with Crippen LogP contribution >= 0.6 is 11.6 Å². The molecular formula is C11H16ClN3. The van der Waals surface area contributed by atoms with Gasteiger partial charge in [0.05, 0.1) is 0 Å². The van der Waals surface area contributed by atoms with Crippen LogP contribution in [0.3, 0.4) is 0 Å². The lowest BCUT2D eigenvalue weighted by atomic mass is 9.67. The molecule has 0 spiro atoms. The van der Waals surface area contributed by atoms with E-state index < -0.39 is 0 Å². The average molecular weight is 226 g/mol. The minimum atomic E-state index is 0.461. The van der Waals surface area contributed by atoms with Crippen LogP contribution in [0.4, 0.5) is 5.82 Å². The zero-order valence-electron chi connectivity index (χ0n) is 8.96. The molecule has 1 aromatic rings. The van der Waals surface area contributed by atoms with Gasteiger partial charge in [-0.15, -0.1) is 0 Å². The topological polar surface area (TPSA) is 37.8 Å². The smallest absolute Gasteiger partial charge is 0.171 e. The fourth-order valence-electron chi connectivity index (χ4n) is 2.04. The van der Waals surface area contributed by atoms with Gasteiger partial charge in [-0.1, -0.05) is 24.9 Å². The Labute approximate surface area is 95.3 Å².